The number of nitrogens with zero attached hydrogens (tertiary/aromatic N) is 6. The van der Waals surface area contributed by atoms with Crippen molar-refractivity contribution in [3.63, 3.8) is 0 Å². The van der Waals surface area contributed by atoms with E-state index in [1.807, 2.05) is 17.9 Å². The highest BCUT2D eigenvalue weighted by atomic mass is 32.2. The Morgan fingerprint density at radius 1 is 0.945 bits per heavy atom. The zero-order valence-corrected chi connectivity index (χ0v) is 33.3. The first-order chi connectivity index (χ1) is 26.3. The summed E-state index contributed by atoms with van der Waals surface area (Å²) in [6.45, 7) is 12.4. The molecule has 0 aliphatic carbocycles. The van der Waals surface area contributed by atoms with Gasteiger partial charge in [-0.2, -0.15) is 0 Å². The van der Waals surface area contributed by atoms with E-state index < -0.39 is 15.6 Å². The molecule has 0 saturated carbocycles. The topological polar surface area (TPSA) is 119 Å². The highest BCUT2D eigenvalue weighted by molar-refractivity contribution is 7.90. The van der Waals surface area contributed by atoms with Crippen LogP contribution >= 0.6 is 0 Å². The zero-order chi connectivity index (χ0) is 39.0. The summed E-state index contributed by atoms with van der Waals surface area (Å²) < 4.78 is 41.9. The van der Waals surface area contributed by atoms with Crippen LogP contribution in [0.3, 0.4) is 0 Å². The third-order valence-electron chi connectivity index (χ3n) is 11.3. The van der Waals surface area contributed by atoms with E-state index in [0.29, 0.717) is 46.9 Å². The molecule has 2 aliphatic heterocycles. The normalized spacial score (nSPS) is 18.5. The highest BCUT2D eigenvalue weighted by Gasteiger charge is 2.30. The summed E-state index contributed by atoms with van der Waals surface area (Å²) in [4.78, 5) is 36.9. The number of carbonyl (C=O) groups is 1. The SMILES string of the molecule is COc1cc(N2CCC(c3ccc(OCCN4[C@H](C)CN(C(C)=O)C[C@@H]4C)cc3)CC2)ncc1-c1cn(C)c(=O)c2c1ccn2S(=O)(=O)c1ccc(C)cc1. The van der Waals surface area contributed by atoms with Crippen LogP contribution in [-0.4, -0.2) is 96.2 Å². The number of anilines is 1. The van der Waals surface area contributed by atoms with Crippen LogP contribution in [0.2, 0.25) is 0 Å². The number of piperidine rings is 1. The number of fused-ring (bicyclic) bond motifs is 1. The van der Waals surface area contributed by atoms with Gasteiger partial charge in [0, 0.05) is 99.9 Å². The summed E-state index contributed by atoms with van der Waals surface area (Å²) in [5.41, 5.74) is 3.19. The lowest BCUT2D eigenvalue weighted by atomic mass is 9.89. The second-order valence-electron chi connectivity index (χ2n) is 14.9. The number of carbonyl (C=O) groups excluding carboxylic acids is 1. The molecule has 55 heavy (non-hydrogen) atoms. The van der Waals surface area contributed by atoms with Gasteiger partial charge in [-0.3, -0.25) is 14.5 Å². The highest BCUT2D eigenvalue weighted by Crippen LogP contribution is 2.38. The van der Waals surface area contributed by atoms with Crippen molar-refractivity contribution in [2.45, 2.75) is 63.4 Å². The Kier molecular flexibility index (Phi) is 10.8. The van der Waals surface area contributed by atoms with Crippen LogP contribution < -0.4 is 19.9 Å². The van der Waals surface area contributed by atoms with Crippen molar-refractivity contribution in [1.82, 2.24) is 23.3 Å². The van der Waals surface area contributed by atoms with Gasteiger partial charge in [0.25, 0.3) is 15.6 Å². The van der Waals surface area contributed by atoms with Crippen LogP contribution in [0.25, 0.3) is 22.0 Å². The molecule has 0 radical (unpaired) electrons. The van der Waals surface area contributed by atoms with Crippen molar-refractivity contribution >= 4 is 32.7 Å². The minimum Gasteiger partial charge on any atom is -0.496 e. The Morgan fingerprint density at radius 3 is 2.25 bits per heavy atom. The Labute approximate surface area is 323 Å². The van der Waals surface area contributed by atoms with Crippen molar-refractivity contribution in [1.29, 1.82) is 0 Å². The van der Waals surface area contributed by atoms with Crippen LogP contribution in [0.4, 0.5) is 5.82 Å². The van der Waals surface area contributed by atoms with Crippen LogP contribution in [0.15, 0.2) is 88.9 Å². The van der Waals surface area contributed by atoms with Gasteiger partial charge in [-0.1, -0.05) is 29.8 Å². The van der Waals surface area contributed by atoms with Gasteiger partial charge in [-0.25, -0.2) is 17.4 Å². The summed E-state index contributed by atoms with van der Waals surface area (Å²) in [6, 6.07) is 19.2. The number of pyridine rings is 2. The van der Waals surface area contributed by atoms with E-state index in [9.17, 15) is 18.0 Å². The lowest BCUT2D eigenvalue weighted by molar-refractivity contribution is -0.133. The molecule has 3 aromatic heterocycles. The lowest BCUT2D eigenvalue weighted by Crippen LogP contribution is -2.58. The first-order valence-corrected chi connectivity index (χ1v) is 20.4. The van der Waals surface area contributed by atoms with Gasteiger partial charge < -0.3 is 23.8 Å². The molecule has 290 valence electrons. The molecule has 0 bridgehead atoms. The van der Waals surface area contributed by atoms with Crippen molar-refractivity contribution in [3.05, 3.63) is 101 Å². The largest absolute Gasteiger partial charge is 0.496 e. The molecule has 2 fully saturated rings. The fraction of sp³-hybridized carbons (Fsp3) is 0.405. The molecule has 5 aromatic rings. The van der Waals surface area contributed by atoms with Gasteiger partial charge in [0.1, 0.15) is 29.4 Å². The maximum Gasteiger partial charge on any atom is 0.275 e. The third kappa shape index (κ3) is 7.59. The molecule has 13 heteroatoms. The molecule has 2 aromatic carbocycles. The molecule has 1 amide bonds. The van der Waals surface area contributed by atoms with E-state index in [2.05, 4.69) is 47.9 Å². The summed E-state index contributed by atoms with van der Waals surface area (Å²) in [6.07, 6.45) is 6.83. The van der Waals surface area contributed by atoms with Gasteiger partial charge in [0.05, 0.1) is 12.0 Å². The fourth-order valence-electron chi connectivity index (χ4n) is 8.14. The number of amides is 1. The Morgan fingerprint density at radius 2 is 1.62 bits per heavy atom. The minimum atomic E-state index is -4.02. The van der Waals surface area contributed by atoms with Crippen LogP contribution in [0.5, 0.6) is 11.5 Å². The number of benzene rings is 2. The number of ether oxygens (including phenoxy) is 2. The average Bonchev–Trinajstić information content (AvgIpc) is 3.64. The van der Waals surface area contributed by atoms with Gasteiger partial charge in [0.2, 0.25) is 5.91 Å². The van der Waals surface area contributed by atoms with E-state index in [1.165, 1.54) is 16.3 Å². The van der Waals surface area contributed by atoms with E-state index >= 15 is 0 Å². The fourth-order valence-corrected chi connectivity index (χ4v) is 9.49. The van der Waals surface area contributed by atoms with Crippen LogP contribution in [0.1, 0.15) is 50.7 Å². The zero-order valence-electron chi connectivity index (χ0n) is 32.4. The van der Waals surface area contributed by atoms with E-state index in [0.717, 1.165) is 66.7 Å². The van der Waals surface area contributed by atoms with Crippen molar-refractivity contribution in [2.75, 3.05) is 51.3 Å². The monoisotopic (exact) mass is 766 g/mol. The van der Waals surface area contributed by atoms with Crippen molar-refractivity contribution < 1.29 is 22.7 Å². The first kappa shape index (κ1) is 38.1. The second-order valence-corrected chi connectivity index (χ2v) is 16.7. The predicted molar refractivity (Wildman–Crippen MR) is 215 cm³/mol. The second kappa shape index (κ2) is 15.5. The van der Waals surface area contributed by atoms with Gasteiger partial charge >= 0.3 is 0 Å². The predicted octanol–water partition coefficient (Wildman–Crippen LogP) is 5.66. The summed E-state index contributed by atoms with van der Waals surface area (Å²) >= 11 is 0. The summed E-state index contributed by atoms with van der Waals surface area (Å²) in [5.74, 6) is 2.80. The average molecular weight is 767 g/mol. The third-order valence-corrected chi connectivity index (χ3v) is 13.0. The standard InChI is InChI=1S/C42H50N6O6S/c1-28-7-13-35(14-8-28)55(51,52)48-20-17-36-38(27-44(5)42(50)41(36)48)37-24-43-40(23-39(37)53-6)45-18-15-33(16-19-45)32-9-11-34(12-10-32)54-22-21-47-29(2)25-46(31(4)49)26-30(47)3/h7-14,17,20,23-24,27,29-30,33H,15-16,18-19,21-22,25-26H2,1-6H3/t29-,30+. The smallest absolute Gasteiger partial charge is 0.275 e. The molecule has 2 atom stereocenters. The quantitative estimate of drug-likeness (QED) is 0.178. The van der Waals surface area contributed by atoms with Crippen LogP contribution in [0, 0.1) is 6.92 Å². The Balaban J connectivity index is 1.01. The van der Waals surface area contributed by atoms with E-state index in [1.54, 1.807) is 63.8 Å². The summed E-state index contributed by atoms with van der Waals surface area (Å²) in [7, 11) is -0.806. The molecular formula is C42H50N6O6S. The number of hydrogen-bond donors (Lipinski definition) is 0. The molecule has 2 saturated heterocycles. The Hall–Kier alpha value is -5.14. The lowest BCUT2D eigenvalue weighted by Gasteiger charge is -2.44. The number of piperazine rings is 1. The molecule has 5 heterocycles. The number of hydrogen-bond acceptors (Lipinski definition) is 9. The maximum atomic E-state index is 13.7. The van der Waals surface area contributed by atoms with Crippen molar-refractivity contribution in [3.8, 4) is 22.6 Å². The molecule has 7 rings (SSSR count). The van der Waals surface area contributed by atoms with E-state index in [4.69, 9.17) is 14.5 Å². The van der Waals surface area contributed by atoms with E-state index in [-0.39, 0.29) is 16.3 Å². The number of aryl methyl sites for hydroxylation is 2. The summed E-state index contributed by atoms with van der Waals surface area (Å²) in [5, 5.41) is 0.497. The number of aromatic nitrogens is 3. The molecule has 0 unspecified atom stereocenters. The van der Waals surface area contributed by atoms with Crippen molar-refractivity contribution in [2.24, 2.45) is 7.05 Å². The molecule has 0 N–H and O–H groups in total. The van der Waals surface area contributed by atoms with Crippen LogP contribution in [-0.2, 0) is 21.9 Å². The van der Waals surface area contributed by atoms with Gasteiger partial charge in [0.15, 0.2) is 0 Å². The maximum absolute atomic E-state index is 13.7. The Bertz CT molecular complexity index is 2340. The minimum absolute atomic E-state index is 0.0679. The van der Waals surface area contributed by atoms with Gasteiger partial charge in [-0.05, 0) is 75.4 Å². The van der Waals surface area contributed by atoms with Gasteiger partial charge in [-0.15, -0.1) is 0 Å². The molecular weight excluding hydrogens is 717 g/mol. The number of methoxy groups -OCH3 is 1. The molecule has 2 aliphatic rings. The molecule has 0 spiro atoms. The molecule has 12 nitrogen and oxygen atoms in total. The first-order valence-electron chi connectivity index (χ1n) is 18.9. The number of rotatable bonds is 10.